The molecule has 4 heterocycles. The summed E-state index contributed by atoms with van der Waals surface area (Å²) in [5, 5.41) is 1.02. The molecule has 1 fully saturated rings. The molecule has 1 aromatic rings. The largest absolute Gasteiger partial charge is 0.475 e. The normalized spacial score (nSPS) is 25.7. The van der Waals surface area contributed by atoms with Gasteiger partial charge in [-0.1, -0.05) is 69.9 Å². The van der Waals surface area contributed by atoms with E-state index in [0.717, 1.165) is 36.8 Å². The van der Waals surface area contributed by atoms with Gasteiger partial charge in [-0.15, -0.1) is 4.37 Å². The van der Waals surface area contributed by atoms with Crippen molar-refractivity contribution in [2.75, 3.05) is 26.2 Å². The molecule has 3 aliphatic rings. The summed E-state index contributed by atoms with van der Waals surface area (Å²) < 4.78 is 15.0. The van der Waals surface area contributed by atoms with Crippen molar-refractivity contribution in [3.8, 4) is 5.88 Å². The lowest BCUT2D eigenvalue weighted by Gasteiger charge is -2.30. The van der Waals surface area contributed by atoms with Crippen LogP contribution in [0.25, 0.3) is 5.57 Å². The molecule has 0 aromatic carbocycles. The molecule has 2 unspecified atom stereocenters. The Labute approximate surface area is 186 Å². The van der Waals surface area contributed by atoms with Crippen molar-refractivity contribution in [3.63, 3.8) is 0 Å². The van der Waals surface area contributed by atoms with Crippen LogP contribution in [0.4, 0.5) is 0 Å². The third-order valence-electron chi connectivity index (χ3n) is 6.27. The summed E-state index contributed by atoms with van der Waals surface area (Å²) >= 11 is 8.35. The van der Waals surface area contributed by atoms with Crippen LogP contribution in [0.1, 0.15) is 96.1 Å². The SMILES string of the molecule is CCCOc1nsnc1C1=C(Cl)C2CCCCCCCCCCCN(CCC2)C1. The Morgan fingerprint density at radius 3 is 2.34 bits per heavy atom. The predicted octanol–water partition coefficient (Wildman–Crippen LogP) is 6.90. The van der Waals surface area contributed by atoms with Crippen molar-refractivity contribution in [1.29, 1.82) is 0 Å². The number of hydrogen-bond donors (Lipinski definition) is 0. The quantitative estimate of drug-likeness (QED) is 0.511. The van der Waals surface area contributed by atoms with Gasteiger partial charge in [0.05, 0.1) is 18.3 Å². The Kier molecular flexibility index (Phi) is 10.3. The standard InChI is InChI=1S/C23H38ClN3OS/c1-2-17-28-23-22(25-29-26-23)20-18-27-15-11-9-7-5-3-4-6-8-10-13-19(21(20)24)14-12-16-27/h19H,2-18H2,1H3. The smallest absolute Gasteiger partial charge is 0.253 e. The number of hydrogen-bond acceptors (Lipinski definition) is 5. The fourth-order valence-electron chi connectivity index (χ4n) is 4.58. The first-order valence-electron chi connectivity index (χ1n) is 11.9. The van der Waals surface area contributed by atoms with Gasteiger partial charge in [0.1, 0.15) is 5.69 Å². The molecule has 2 atom stereocenters. The molecule has 0 saturated carbocycles. The molecule has 1 saturated heterocycles. The van der Waals surface area contributed by atoms with Crippen LogP contribution in [-0.4, -0.2) is 39.9 Å². The summed E-state index contributed by atoms with van der Waals surface area (Å²) in [6.07, 6.45) is 16.8. The Morgan fingerprint density at radius 1 is 0.931 bits per heavy atom. The molecule has 4 nitrogen and oxygen atoms in total. The maximum Gasteiger partial charge on any atom is 0.253 e. The van der Waals surface area contributed by atoms with E-state index in [1.807, 2.05) is 0 Å². The fraction of sp³-hybridized carbons (Fsp3) is 0.826. The number of nitrogens with zero attached hydrogens (tertiary/aromatic N) is 3. The second-order valence-electron chi connectivity index (χ2n) is 8.68. The molecule has 0 radical (unpaired) electrons. The number of fused-ring (bicyclic) bond motifs is 13. The van der Waals surface area contributed by atoms with E-state index in [-0.39, 0.29) is 0 Å². The van der Waals surface area contributed by atoms with Crippen molar-refractivity contribution >= 4 is 28.9 Å². The highest BCUT2D eigenvalue weighted by atomic mass is 35.5. The third kappa shape index (κ3) is 7.22. The zero-order valence-electron chi connectivity index (χ0n) is 18.1. The van der Waals surface area contributed by atoms with Crippen LogP contribution in [0.2, 0.25) is 0 Å². The maximum atomic E-state index is 7.11. The first-order chi connectivity index (χ1) is 14.3. The zero-order valence-corrected chi connectivity index (χ0v) is 19.7. The van der Waals surface area contributed by atoms with Gasteiger partial charge in [0.25, 0.3) is 5.88 Å². The minimum absolute atomic E-state index is 0.461. The van der Waals surface area contributed by atoms with Gasteiger partial charge in [0.15, 0.2) is 0 Å². The highest BCUT2D eigenvalue weighted by Gasteiger charge is 2.26. The van der Waals surface area contributed by atoms with Crippen molar-refractivity contribution in [2.45, 2.75) is 90.4 Å². The van der Waals surface area contributed by atoms with Gasteiger partial charge in [-0.25, -0.2) is 0 Å². The summed E-state index contributed by atoms with van der Waals surface area (Å²) in [7, 11) is 0. The van der Waals surface area contributed by atoms with E-state index in [1.54, 1.807) is 0 Å². The Hall–Kier alpha value is -0.650. The molecule has 29 heavy (non-hydrogen) atoms. The Bertz CT molecular complexity index is 633. The summed E-state index contributed by atoms with van der Waals surface area (Å²) in [6.45, 7) is 5.99. The van der Waals surface area contributed by atoms with Gasteiger partial charge < -0.3 is 4.74 Å². The maximum absolute atomic E-state index is 7.11. The van der Waals surface area contributed by atoms with Crippen LogP contribution in [0.15, 0.2) is 5.03 Å². The van der Waals surface area contributed by atoms with Crippen LogP contribution in [0.5, 0.6) is 5.88 Å². The van der Waals surface area contributed by atoms with Crippen LogP contribution in [-0.2, 0) is 0 Å². The second kappa shape index (κ2) is 12.9. The van der Waals surface area contributed by atoms with E-state index >= 15 is 0 Å². The van der Waals surface area contributed by atoms with Gasteiger partial charge in [-0.2, -0.15) is 4.37 Å². The minimum Gasteiger partial charge on any atom is -0.475 e. The van der Waals surface area contributed by atoms with E-state index < -0.39 is 0 Å². The molecular weight excluding hydrogens is 402 g/mol. The average Bonchev–Trinajstić information content (AvgIpc) is 3.17. The van der Waals surface area contributed by atoms with Crippen LogP contribution in [0, 0.1) is 5.92 Å². The lowest BCUT2D eigenvalue weighted by atomic mass is 9.90. The van der Waals surface area contributed by atoms with Crippen LogP contribution in [0.3, 0.4) is 0 Å². The van der Waals surface area contributed by atoms with Crippen LogP contribution >= 0.6 is 23.3 Å². The first-order valence-corrected chi connectivity index (χ1v) is 13.0. The molecule has 0 N–H and O–H groups in total. The van der Waals surface area contributed by atoms with E-state index in [4.69, 9.17) is 16.3 Å². The average molecular weight is 440 g/mol. The Morgan fingerprint density at radius 2 is 1.59 bits per heavy atom. The predicted molar refractivity (Wildman–Crippen MR) is 124 cm³/mol. The van der Waals surface area contributed by atoms with Crippen molar-refractivity contribution in [1.82, 2.24) is 13.6 Å². The summed E-state index contributed by atoms with van der Waals surface area (Å²) in [5.74, 6) is 1.14. The highest BCUT2D eigenvalue weighted by Crippen LogP contribution is 2.38. The number of halogens is 1. The zero-order chi connectivity index (χ0) is 20.3. The molecule has 2 bridgehead atoms. The molecule has 0 spiro atoms. The monoisotopic (exact) mass is 439 g/mol. The van der Waals surface area contributed by atoms with Gasteiger partial charge in [-0.3, -0.25) is 4.90 Å². The Balaban J connectivity index is 1.84. The third-order valence-corrected chi connectivity index (χ3v) is 7.32. The van der Waals surface area contributed by atoms with E-state index in [1.165, 1.54) is 94.4 Å². The van der Waals surface area contributed by atoms with Gasteiger partial charge in [0.2, 0.25) is 0 Å². The molecule has 1 aromatic heterocycles. The summed E-state index contributed by atoms with van der Waals surface area (Å²) in [4.78, 5) is 2.59. The molecule has 164 valence electrons. The van der Waals surface area contributed by atoms with E-state index in [0.29, 0.717) is 18.4 Å². The van der Waals surface area contributed by atoms with Crippen molar-refractivity contribution in [2.24, 2.45) is 5.92 Å². The van der Waals surface area contributed by atoms with Crippen molar-refractivity contribution < 1.29 is 4.74 Å². The second-order valence-corrected chi connectivity index (χ2v) is 9.61. The van der Waals surface area contributed by atoms with Crippen molar-refractivity contribution in [3.05, 3.63) is 10.7 Å². The lowest BCUT2D eigenvalue weighted by molar-refractivity contribution is 0.275. The molecule has 0 amide bonds. The molecular formula is C23H38ClN3OS. The van der Waals surface area contributed by atoms with Gasteiger partial charge >= 0.3 is 0 Å². The highest BCUT2D eigenvalue weighted by molar-refractivity contribution is 6.99. The van der Waals surface area contributed by atoms with Gasteiger partial charge in [0, 0.05) is 17.2 Å². The van der Waals surface area contributed by atoms with E-state index in [2.05, 4.69) is 20.6 Å². The topological polar surface area (TPSA) is 38.3 Å². The number of aromatic nitrogens is 2. The summed E-state index contributed by atoms with van der Waals surface area (Å²) in [6, 6.07) is 0. The van der Waals surface area contributed by atoms with Crippen LogP contribution < -0.4 is 4.74 Å². The molecule has 3 aliphatic heterocycles. The lowest BCUT2D eigenvalue weighted by Crippen LogP contribution is -2.31. The summed E-state index contributed by atoms with van der Waals surface area (Å²) in [5.41, 5.74) is 2.06. The molecule has 6 heteroatoms. The minimum atomic E-state index is 0.461. The molecule has 0 aliphatic carbocycles. The number of rotatable bonds is 4. The van der Waals surface area contributed by atoms with Gasteiger partial charge in [-0.05, 0) is 51.1 Å². The fourth-order valence-corrected chi connectivity index (χ4v) is 5.48. The number of allylic oxidation sites excluding steroid dienone is 1. The van der Waals surface area contributed by atoms with E-state index in [9.17, 15) is 0 Å². The molecule has 4 rings (SSSR count). The number of ether oxygens (including phenoxy) is 1. The first kappa shape index (κ1) is 23.0.